The molecule has 1 heterocycles. The lowest BCUT2D eigenvalue weighted by Gasteiger charge is -2.26. The van der Waals surface area contributed by atoms with Crippen LogP contribution in [0, 0.1) is 0 Å². The van der Waals surface area contributed by atoms with E-state index in [1.807, 2.05) is 0 Å². The molecule has 0 unspecified atom stereocenters. The minimum atomic E-state index is 0.143. The van der Waals surface area contributed by atoms with Crippen LogP contribution in [-0.4, -0.2) is 17.6 Å². The number of benzene rings is 1. The van der Waals surface area contributed by atoms with E-state index in [0.717, 1.165) is 6.54 Å². The van der Waals surface area contributed by atoms with Crippen molar-refractivity contribution in [3.63, 3.8) is 0 Å². The fraction of sp³-hybridized carbons (Fsp3) is 0.467. The zero-order valence-corrected chi connectivity index (χ0v) is 11.2. The van der Waals surface area contributed by atoms with Crippen molar-refractivity contribution in [2.45, 2.75) is 39.2 Å². The van der Waals surface area contributed by atoms with Crippen LogP contribution in [0.3, 0.4) is 0 Å². The fourth-order valence-electron chi connectivity index (χ4n) is 2.19. The van der Waals surface area contributed by atoms with Crippen LogP contribution < -0.4 is 5.32 Å². The summed E-state index contributed by atoms with van der Waals surface area (Å²) < 4.78 is 0. The van der Waals surface area contributed by atoms with Gasteiger partial charge in [-0.15, -0.1) is 0 Å². The highest BCUT2D eigenvalue weighted by atomic mass is 14.9. The third-order valence-corrected chi connectivity index (χ3v) is 3.27. The van der Waals surface area contributed by atoms with Crippen LogP contribution in [0.4, 0.5) is 0 Å². The molecule has 0 radical (unpaired) electrons. The molecule has 0 bridgehead atoms. The van der Waals surface area contributed by atoms with Crippen LogP contribution in [0.1, 0.15) is 33.3 Å². The zero-order valence-electron chi connectivity index (χ0n) is 11.2. The van der Waals surface area contributed by atoms with E-state index < -0.39 is 0 Å². The molecule has 92 valence electrons. The summed E-state index contributed by atoms with van der Waals surface area (Å²) in [5, 5.41) is 4.86. The molecule has 0 aliphatic heterocycles. The molecule has 0 spiro atoms. The predicted molar refractivity (Wildman–Crippen MR) is 74.5 cm³/mol. The van der Waals surface area contributed by atoms with Gasteiger partial charge >= 0.3 is 0 Å². The van der Waals surface area contributed by atoms with Gasteiger partial charge in [-0.1, -0.05) is 45.9 Å². The van der Waals surface area contributed by atoms with Crippen LogP contribution in [-0.2, 0) is 5.41 Å². The second-order valence-corrected chi connectivity index (χ2v) is 5.67. The number of aromatic nitrogens is 1. The van der Waals surface area contributed by atoms with Gasteiger partial charge < -0.3 is 10.3 Å². The van der Waals surface area contributed by atoms with Gasteiger partial charge in [0, 0.05) is 35.1 Å². The second-order valence-electron chi connectivity index (χ2n) is 5.67. The smallest absolute Gasteiger partial charge is 0.0457 e. The van der Waals surface area contributed by atoms with E-state index in [1.165, 1.54) is 16.5 Å². The summed E-state index contributed by atoms with van der Waals surface area (Å²) in [6.45, 7) is 9.94. The van der Waals surface area contributed by atoms with Gasteiger partial charge in [0.05, 0.1) is 0 Å². The first-order valence-electron chi connectivity index (χ1n) is 6.31. The Morgan fingerprint density at radius 3 is 2.65 bits per heavy atom. The highest BCUT2D eigenvalue weighted by Gasteiger charge is 2.23. The number of rotatable bonds is 4. The number of hydrogen-bond acceptors (Lipinski definition) is 1. The molecule has 0 aliphatic rings. The Hall–Kier alpha value is -1.28. The number of para-hydroxylation sites is 1. The van der Waals surface area contributed by atoms with E-state index in [9.17, 15) is 0 Å². The Morgan fingerprint density at radius 1 is 1.24 bits per heavy atom. The summed E-state index contributed by atoms with van der Waals surface area (Å²) >= 11 is 0. The van der Waals surface area contributed by atoms with Gasteiger partial charge in [0.2, 0.25) is 0 Å². The molecule has 2 aromatic rings. The first-order valence-corrected chi connectivity index (χ1v) is 6.31. The number of hydrogen-bond donors (Lipinski definition) is 2. The monoisotopic (exact) mass is 230 g/mol. The van der Waals surface area contributed by atoms with Gasteiger partial charge in [0.1, 0.15) is 0 Å². The molecule has 2 nitrogen and oxygen atoms in total. The van der Waals surface area contributed by atoms with Gasteiger partial charge in [-0.2, -0.15) is 0 Å². The second kappa shape index (κ2) is 4.53. The molecule has 0 amide bonds. The maximum Gasteiger partial charge on any atom is 0.0457 e. The summed E-state index contributed by atoms with van der Waals surface area (Å²) in [5.74, 6) is 0. The van der Waals surface area contributed by atoms with E-state index in [2.05, 4.69) is 68.5 Å². The minimum absolute atomic E-state index is 0.143. The quantitative estimate of drug-likeness (QED) is 0.827. The van der Waals surface area contributed by atoms with Crippen LogP contribution in [0.2, 0.25) is 0 Å². The SMILES string of the molecule is CC(C)NCC(C)(C)c1c[nH]c2ccccc12. The number of aromatic amines is 1. The van der Waals surface area contributed by atoms with Gasteiger partial charge in [0.15, 0.2) is 0 Å². The van der Waals surface area contributed by atoms with Gasteiger partial charge in [-0.3, -0.25) is 0 Å². The lowest BCUT2D eigenvalue weighted by atomic mass is 9.84. The topological polar surface area (TPSA) is 27.8 Å². The van der Waals surface area contributed by atoms with Crippen LogP contribution in [0.5, 0.6) is 0 Å². The maximum atomic E-state index is 3.52. The van der Waals surface area contributed by atoms with E-state index in [4.69, 9.17) is 0 Å². The Balaban J connectivity index is 2.32. The molecule has 17 heavy (non-hydrogen) atoms. The molecule has 0 aliphatic carbocycles. The Bertz CT molecular complexity index is 494. The van der Waals surface area contributed by atoms with Crippen molar-refractivity contribution in [2.75, 3.05) is 6.54 Å². The van der Waals surface area contributed by atoms with Gasteiger partial charge in [0.25, 0.3) is 0 Å². The fourth-order valence-corrected chi connectivity index (χ4v) is 2.19. The Labute approximate surface area is 103 Å². The molecule has 1 aromatic carbocycles. The highest BCUT2D eigenvalue weighted by Crippen LogP contribution is 2.29. The number of H-pyrrole nitrogens is 1. The third kappa shape index (κ3) is 2.52. The molecular formula is C15H22N2. The Kier molecular flexibility index (Phi) is 3.25. The first kappa shape index (κ1) is 12.2. The van der Waals surface area contributed by atoms with Crippen molar-refractivity contribution in [3.05, 3.63) is 36.0 Å². The molecule has 0 saturated heterocycles. The van der Waals surface area contributed by atoms with E-state index >= 15 is 0 Å². The van der Waals surface area contributed by atoms with Crippen LogP contribution >= 0.6 is 0 Å². The van der Waals surface area contributed by atoms with Crippen molar-refractivity contribution in [1.82, 2.24) is 10.3 Å². The largest absolute Gasteiger partial charge is 0.361 e. The van der Waals surface area contributed by atoms with Crippen LogP contribution in [0.15, 0.2) is 30.5 Å². The summed E-state index contributed by atoms with van der Waals surface area (Å²) in [6, 6.07) is 9.02. The standard InChI is InChI=1S/C15H22N2/c1-11(2)17-10-15(3,4)13-9-16-14-8-6-5-7-12(13)14/h5-9,11,16-17H,10H2,1-4H3. The molecule has 2 N–H and O–H groups in total. The summed E-state index contributed by atoms with van der Waals surface area (Å²) in [5.41, 5.74) is 2.76. The molecule has 2 heteroatoms. The summed E-state index contributed by atoms with van der Waals surface area (Å²) in [7, 11) is 0. The summed E-state index contributed by atoms with van der Waals surface area (Å²) in [6.07, 6.45) is 2.15. The van der Waals surface area contributed by atoms with Gasteiger partial charge in [-0.25, -0.2) is 0 Å². The van der Waals surface area contributed by atoms with Gasteiger partial charge in [-0.05, 0) is 11.6 Å². The van der Waals surface area contributed by atoms with E-state index in [1.54, 1.807) is 0 Å². The molecule has 0 fully saturated rings. The Morgan fingerprint density at radius 2 is 1.94 bits per heavy atom. The van der Waals surface area contributed by atoms with Crippen molar-refractivity contribution in [2.24, 2.45) is 0 Å². The predicted octanol–water partition coefficient (Wildman–Crippen LogP) is 3.44. The summed E-state index contributed by atoms with van der Waals surface area (Å²) in [4.78, 5) is 3.35. The van der Waals surface area contributed by atoms with E-state index in [-0.39, 0.29) is 5.41 Å². The molecule has 0 saturated carbocycles. The molecular weight excluding hydrogens is 208 g/mol. The molecule has 0 atom stereocenters. The molecule has 1 aromatic heterocycles. The van der Waals surface area contributed by atoms with Crippen molar-refractivity contribution in [1.29, 1.82) is 0 Å². The van der Waals surface area contributed by atoms with E-state index in [0.29, 0.717) is 6.04 Å². The van der Waals surface area contributed by atoms with Crippen molar-refractivity contribution in [3.8, 4) is 0 Å². The average molecular weight is 230 g/mol. The minimum Gasteiger partial charge on any atom is -0.361 e. The molecule has 2 rings (SSSR count). The lowest BCUT2D eigenvalue weighted by molar-refractivity contribution is 0.444. The highest BCUT2D eigenvalue weighted by molar-refractivity contribution is 5.84. The first-order chi connectivity index (χ1) is 8.00. The normalized spacial score (nSPS) is 12.5. The maximum absolute atomic E-state index is 3.52. The third-order valence-electron chi connectivity index (χ3n) is 3.27. The number of fused-ring (bicyclic) bond motifs is 1. The average Bonchev–Trinajstić information content (AvgIpc) is 2.71. The van der Waals surface area contributed by atoms with Crippen molar-refractivity contribution < 1.29 is 0 Å². The number of nitrogens with one attached hydrogen (secondary N) is 2. The van der Waals surface area contributed by atoms with Crippen LogP contribution in [0.25, 0.3) is 10.9 Å². The lowest BCUT2D eigenvalue weighted by Crippen LogP contribution is -2.36. The van der Waals surface area contributed by atoms with Crippen molar-refractivity contribution >= 4 is 10.9 Å². The zero-order chi connectivity index (χ0) is 12.5.